The predicted molar refractivity (Wildman–Crippen MR) is 98.6 cm³/mol. The van der Waals surface area contributed by atoms with Crippen molar-refractivity contribution in [2.24, 2.45) is 0 Å². The molecule has 0 radical (unpaired) electrons. The molecule has 3 rings (SSSR count). The fraction of sp³-hybridized carbons (Fsp3) is 0.294. The second kappa shape index (κ2) is 7.79. The van der Waals surface area contributed by atoms with Crippen molar-refractivity contribution >= 4 is 40.7 Å². The van der Waals surface area contributed by atoms with Gasteiger partial charge in [-0.25, -0.2) is 0 Å². The van der Waals surface area contributed by atoms with Crippen LogP contribution in [-0.2, 0) is 6.54 Å². The largest absolute Gasteiger partial charge is 0.505 e. The Morgan fingerprint density at radius 3 is 2.52 bits per heavy atom. The first-order valence-electron chi connectivity index (χ1n) is 7.74. The lowest BCUT2D eigenvalue weighted by atomic mass is 10.1. The summed E-state index contributed by atoms with van der Waals surface area (Å²) in [7, 11) is 0. The first-order chi connectivity index (χ1) is 12.0. The Balaban J connectivity index is 1.68. The number of carbonyl (C=O) groups is 1. The molecule has 1 amide bonds. The molecule has 1 saturated heterocycles. The standard InChI is InChI=1S/C17H16Cl3N3O2/c18-12-8-13(19)16(24)14(15(12)20)17(25)23-6-4-22(5-7-23)10-11-2-1-3-21-9-11/h1-3,8-9,24H,4-7,10H2. The van der Waals surface area contributed by atoms with Gasteiger partial charge >= 0.3 is 0 Å². The number of hydrogen-bond donors (Lipinski definition) is 1. The van der Waals surface area contributed by atoms with Crippen molar-refractivity contribution in [1.29, 1.82) is 0 Å². The number of rotatable bonds is 3. The highest BCUT2D eigenvalue weighted by molar-refractivity contribution is 6.45. The first kappa shape index (κ1) is 18.3. The summed E-state index contributed by atoms with van der Waals surface area (Å²) in [6.07, 6.45) is 3.58. The average Bonchev–Trinajstić information content (AvgIpc) is 2.62. The second-order valence-electron chi connectivity index (χ2n) is 5.81. The fourth-order valence-electron chi connectivity index (χ4n) is 2.80. The zero-order valence-corrected chi connectivity index (χ0v) is 15.5. The van der Waals surface area contributed by atoms with Crippen LogP contribution in [0.25, 0.3) is 0 Å². The van der Waals surface area contributed by atoms with Crippen LogP contribution in [0.1, 0.15) is 15.9 Å². The molecule has 132 valence electrons. The Labute approximate surface area is 160 Å². The quantitative estimate of drug-likeness (QED) is 0.798. The fourth-order valence-corrected chi connectivity index (χ4v) is 3.49. The number of hydrogen-bond acceptors (Lipinski definition) is 4. The van der Waals surface area contributed by atoms with Gasteiger partial charge in [-0.15, -0.1) is 0 Å². The van der Waals surface area contributed by atoms with Gasteiger partial charge in [0.1, 0.15) is 11.3 Å². The molecule has 0 atom stereocenters. The lowest BCUT2D eigenvalue weighted by Gasteiger charge is -2.35. The summed E-state index contributed by atoms with van der Waals surface area (Å²) in [6.45, 7) is 3.27. The molecule has 1 aliphatic rings. The molecule has 1 N–H and O–H groups in total. The monoisotopic (exact) mass is 399 g/mol. The van der Waals surface area contributed by atoms with Crippen LogP contribution in [0.15, 0.2) is 30.6 Å². The molecular weight excluding hydrogens is 385 g/mol. The van der Waals surface area contributed by atoms with E-state index in [9.17, 15) is 9.90 Å². The maximum atomic E-state index is 12.7. The molecule has 0 unspecified atom stereocenters. The molecular formula is C17H16Cl3N3O2. The number of carbonyl (C=O) groups excluding carboxylic acids is 1. The number of amides is 1. The van der Waals surface area contributed by atoms with Gasteiger partial charge in [-0.3, -0.25) is 14.7 Å². The summed E-state index contributed by atoms with van der Waals surface area (Å²) >= 11 is 18.0. The minimum atomic E-state index is -0.368. The van der Waals surface area contributed by atoms with E-state index >= 15 is 0 Å². The van der Waals surface area contributed by atoms with Crippen LogP contribution in [0.4, 0.5) is 0 Å². The Hall–Kier alpha value is -1.53. The Morgan fingerprint density at radius 1 is 1.16 bits per heavy atom. The van der Waals surface area contributed by atoms with E-state index in [0.717, 1.165) is 12.1 Å². The Bertz CT molecular complexity index is 752. The van der Waals surface area contributed by atoms with Crippen LogP contribution >= 0.6 is 34.8 Å². The van der Waals surface area contributed by atoms with E-state index in [2.05, 4.69) is 9.88 Å². The normalized spacial score (nSPS) is 15.4. The number of phenols is 1. The molecule has 2 heterocycles. The summed E-state index contributed by atoms with van der Waals surface area (Å²) < 4.78 is 0. The number of pyridine rings is 1. The van der Waals surface area contributed by atoms with Gasteiger partial charge in [-0.1, -0.05) is 40.9 Å². The molecule has 1 aliphatic heterocycles. The SMILES string of the molecule is O=C(c1c(O)c(Cl)cc(Cl)c1Cl)N1CCN(Cc2cccnc2)CC1. The Morgan fingerprint density at radius 2 is 1.88 bits per heavy atom. The molecule has 0 bridgehead atoms. The third-order valence-electron chi connectivity index (χ3n) is 4.15. The number of halogens is 3. The maximum absolute atomic E-state index is 12.7. The van der Waals surface area contributed by atoms with Gasteiger partial charge in [0.15, 0.2) is 0 Å². The van der Waals surface area contributed by atoms with Crippen LogP contribution in [0.2, 0.25) is 15.1 Å². The molecule has 5 nitrogen and oxygen atoms in total. The smallest absolute Gasteiger partial charge is 0.259 e. The molecule has 0 spiro atoms. The highest BCUT2D eigenvalue weighted by Crippen LogP contribution is 2.39. The summed E-state index contributed by atoms with van der Waals surface area (Å²) in [5.41, 5.74) is 1.09. The van der Waals surface area contributed by atoms with Crippen LogP contribution in [0, 0.1) is 0 Å². The summed E-state index contributed by atoms with van der Waals surface area (Å²) in [5.74, 6) is -0.702. The third kappa shape index (κ3) is 4.01. The molecule has 8 heteroatoms. The van der Waals surface area contributed by atoms with Crippen molar-refractivity contribution in [3.63, 3.8) is 0 Å². The van der Waals surface area contributed by atoms with Gasteiger partial charge in [0.25, 0.3) is 5.91 Å². The topological polar surface area (TPSA) is 56.7 Å². The predicted octanol–water partition coefficient (Wildman–Crippen LogP) is 3.71. The van der Waals surface area contributed by atoms with Gasteiger partial charge in [0.05, 0.1) is 15.1 Å². The van der Waals surface area contributed by atoms with E-state index in [0.29, 0.717) is 26.2 Å². The van der Waals surface area contributed by atoms with Crippen LogP contribution in [0.5, 0.6) is 5.75 Å². The van der Waals surface area contributed by atoms with Gasteiger partial charge in [0.2, 0.25) is 0 Å². The second-order valence-corrected chi connectivity index (χ2v) is 7.00. The number of nitrogens with zero attached hydrogens (tertiary/aromatic N) is 3. The maximum Gasteiger partial charge on any atom is 0.259 e. The van der Waals surface area contributed by atoms with Gasteiger partial charge in [0, 0.05) is 45.1 Å². The van der Waals surface area contributed by atoms with Crippen molar-refractivity contribution in [3.05, 3.63) is 56.8 Å². The van der Waals surface area contributed by atoms with Gasteiger partial charge in [-0.2, -0.15) is 0 Å². The minimum Gasteiger partial charge on any atom is -0.505 e. The molecule has 1 aromatic heterocycles. The zero-order valence-electron chi connectivity index (χ0n) is 13.3. The molecule has 0 aliphatic carbocycles. The zero-order chi connectivity index (χ0) is 18.0. The van der Waals surface area contributed by atoms with Crippen molar-refractivity contribution in [2.75, 3.05) is 26.2 Å². The van der Waals surface area contributed by atoms with Crippen molar-refractivity contribution in [2.45, 2.75) is 6.54 Å². The third-order valence-corrected chi connectivity index (χ3v) is 5.22. The molecule has 1 fully saturated rings. The van der Waals surface area contributed by atoms with Crippen LogP contribution in [-0.4, -0.2) is 52.0 Å². The number of piperazine rings is 1. The van der Waals surface area contributed by atoms with E-state index in [1.54, 1.807) is 11.1 Å². The molecule has 25 heavy (non-hydrogen) atoms. The van der Waals surface area contributed by atoms with Gasteiger partial charge < -0.3 is 10.0 Å². The summed E-state index contributed by atoms with van der Waals surface area (Å²) in [6, 6.07) is 5.25. The molecule has 2 aromatic rings. The van der Waals surface area contributed by atoms with E-state index in [1.807, 2.05) is 18.3 Å². The highest BCUT2D eigenvalue weighted by Gasteiger charge is 2.28. The number of benzene rings is 1. The van der Waals surface area contributed by atoms with E-state index in [-0.39, 0.29) is 32.3 Å². The number of aromatic hydroxyl groups is 1. The van der Waals surface area contributed by atoms with Gasteiger partial charge in [-0.05, 0) is 17.7 Å². The van der Waals surface area contributed by atoms with E-state index < -0.39 is 0 Å². The Kier molecular flexibility index (Phi) is 5.69. The van der Waals surface area contributed by atoms with Crippen molar-refractivity contribution < 1.29 is 9.90 Å². The highest BCUT2D eigenvalue weighted by atomic mass is 35.5. The van der Waals surface area contributed by atoms with E-state index in [1.165, 1.54) is 6.07 Å². The van der Waals surface area contributed by atoms with Crippen LogP contribution < -0.4 is 0 Å². The lowest BCUT2D eigenvalue weighted by Crippen LogP contribution is -2.48. The molecule has 0 saturated carbocycles. The summed E-state index contributed by atoms with van der Waals surface area (Å²) in [5, 5.41) is 10.3. The lowest BCUT2D eigenvalue weighted by molar-refractivity contribution is 0.0625. The number of aromatic nitrogens is 1. The minimum absolute atomic E-state index is 0.00737. The molecule has 1 aromatic carbocycles. The number of phenolic OH excluding ortho intramolecular Hbond substituents is 1. The first-order valence-corrected chi connectivity index (χ1v) is 8.87. The van der Waals surface area contributed by atoms with E-state index in [4.69, 9.17) is 34.8 Å². The summed E-state index contributed by atoms with van der Waals surface area (Å²) in [4.78, 5) is 20.7. The van der Waals surface area contributed by atoms with Crippen molar-refractivity contribution in [1.82, 2.24) is 14.8 Å². The van der Waals surface area contributed by atoms with Crippen molar-refractivity contribution in [3.8, 4) is 5.75 Å². The van der Waals surface area contributed by atoms with Crippen LogP contribution in [0.3, 0.4) is 0 Å². The average molecular weight is 401 g/mol.